The second-order valence-electron chi connectivity index (χ2n) is 6.93. The van der Waals surface area contributed by atoms with E-state index in [-0.39, 0.29) is 11.8 Å². The third-order valence-electron chi connectivity index (χ3n) is 5.11. The van der Waals surface area contributed by atoms with Crippen LogP contribution in [-0.4, -0.2) is 28.9 Å². The molecule has 0 spiro atoms. The third-order valence-corrected chi connectivity index (χ3v) is 5.11. The first-order valence-electron chi connectivity index (χ1n) is 9.09. The van der Waals surface area contributed by atoms with Crippen LogP contribution in [0.25, 0.3) is 6.08 Å². The molecule has 1 saturated heterocycles. The van der Waals surface area contributed by atoms with E-state index >= 15 is 0 Å². The standard InChI is InChI=1S/C21H23F3N2O/c1-3-6-18-14(2)13-19(25-18)20(27)26-11-9-15(10-12-26)16-7-4-5-8-17(16)21(22,23)24/h3-8,13,15,25H,9-12H2,1-2H3/b6-3-. The topological polar surface area (TPSA) is 36.1 Å². The minimum absolute atomic E-state index is 0.101. The average Bonchev–Trinajstić information content (AvgIpc) is 3.01. The number of H-pyrrole nitrogens is 1. The number of benzene rings is 1. The Bertz CT molecular complexity index is 843. The fourth-order valence-electron chi connectivity index (χ4n) is 3.70. The van der Waals surface area contributed by atoms with E-state index in [4.69, 9.17) is 0 Å². The summed E-state index contributed by atoms with van der Waals surface area (Å²) in [6, 6.07) is 7.58. The van der Waals surface area contributed by atoms with Gasteiger partial charge >= 0.3 is 6.18 Å². The molecule has 6 heteroatoms. The zero-order valence-electron chi connectivity index (χ0n) is 15.4. The van der Waals surface area contributed by atoms with Gasteiger partial charge in [0, 0.05) is 18.8 Å². The average molecular weight is 376 g/mol. The Morgan fingerprint density at radius 1 is 1.22 bits per heavy atom. The summed E-state index contributed by atoms with van der Waals surface area (Å²) in [5.41, 5.74) is 2.18. The van der Waals surface area contributed by atoms with Gasteiger partial charge in [0.2, 0.25) is 0 Å². The summed E-state index contributed by atoms with van der Waals surface area (Å²) < 4.78 is 39.8. The normalized spacial score (nSPS) is 16.3. The third kappa shape index (κ3) is 4.10. The summed E-state index contributed by atoms with van der Waals surface area (Å²) in [7, 11) is 0. The molecule has 2 aromatic rings. The van der Waals surface area contributed by atoms with E-state index in [1.165, 1.54) is 6.07 Å². The highest BCUT2D eigenvalue weighted by molar-refractivity contribution is 5.93. The van der Waals surface area contributed by atoms with Gasteiger partial charge in [0.15, 0.2) is 0 Å². The van der Waals surface area contributed by atoms with Crippen molar-refractivity contribution in [3.05, 3.63) is 64.5 Å². The second kappa shape index (κ2) is 7.62. The number of aryl methyl sites for hydroxylation is 1. The number of alkyl halides is 3. The first kappa shape index (κ1) is 19.3. The summed E-state index contributed by atoms with van der Waals surface area (Å²) in [6.45, 7) is 4.74. The molecule has 1 aromatic heterocycles. The molecule has 2 heterocycles. The van der Waals surface area contributed by atoms with Crippen LogP contribution >= 0.6 is 0 Å². The molecule has 3 nitrogen and oxygen atoms in total. The first-order valence-corrected chi connectivity index (χ1v) is 9.09. The molecule has 1 aromatic carbocycles. The summed E-state index contributed by atoms with van der Waals surface area (Å²) in [4.78, 5) is 17.6. The summed E-state index contributed by atoms with van der Waals surface area (Å²) in [6.07, 6.45) is 0.512. The number of halogens is 3. The highest BCUT2D eigenvalue weighted by Crippen LogP contribution is 2.38. The van der Waals surface area contributed by atoms with Crippen LogP contribution in [-0.2, 0) is 6.18 Å². The van der Waals surface area contributed by atoms with Crippen LogP contribution in [0.3, 0.4) is 0 Å². The minimum Gasteiger partial charge on any atom is -0.351 e. The zero-order valence-corrected chi connectivity index (χ0v) is 15.4. The van der Waals surface area contributed by atoms with Crippen molar-refractivity contribution >= 4 is 12.0 Å². The van der Waals surface area contributed by atoms with Crippen LogP contribution in [0.1, 0.15) is 58.6 Å². The fourth-order valence-corrected chi connectivity index (χ4v) is 3.70. The van der Waals surface area contributed by atoms with Crippen molar-refractivity contribution in [2.75, 3.05) is 13.1 Å². The molecule has 3 rings (SSSR count). The Labute approximate surface area is 156 Å². The SMILES string of the molecule is C/C=C\c1[nH]c(C(=O)N2CCC(c3ccccc3C(F)(F)F)CC2)cc1C. The lowest BCUT2D eigenvalue weighted by Crippen LogP contribution is -2.38. The molecule has 0 radical (unpaired) electrons. The predicted octanol–water partition coefficient (Wildman–Crippen LogP) is 5.39. The van der Waals surface area contributed by atoms with Crippen LogP contribution in [0.2, 0.25) is 0 Å². The number of nitrogens with zero attached hydrogens (tertiary/aromatic N) is 1. The lowest BCUT2D eigenvalue weighted by molar-refractivity contribution is -0.138. The number of aromatic amines is 1. The van der Waals surface area contributed by atoms with Crippen molar-refractivity contribution in [2.45, 2.75) is 38.8 Å². The maximum absolute atomic E-state index is 13.3. The van der Waals surface area contributed by atoms with E-state index in [9.17, 15) is 18.0 Å². The molecular weight excluding hydrogens is 353 g/mol. The van der Waals surface area contributed by atoms with Gasteiger partial charge in [0.1, 0.15) is 5.69 Å². The van der Waals surface area contributed by atoms with E-state index in [1.54, 1.807) is 17.0 Å². The maximum Gasteiger partial charge on any atom is 0.416 e. The second-order valence-corrected chi connectivity index (χ2v) is 6.93. The molecule has 1 amide bonds. The quantitative estimate of drug-likeness (QED) is 0.765. The van der Waals surface area contributed by atoms with Crippen LogP contribution < -0.4 is 0 Å². The van der Waals surface area contributed by atoms with Gasteiger partial charge in [-0.1, -0.05) is 24.3 Å². The summed E-state index contributed by atoms with van der Waals surface area (Å²) in [5, 5.41) is 0. The van der Waals surface area contributed by atoms with Crippen molar-refractivity contribution in [1.82, 2.24) is 9.88 Å². The van der Waals surface area contributed by atoms with E-state index in [0.717, 1.165) is 17.3 Å². The van der Waals surface area contributed by atoms with Gasteiger partial charge in [-0.15, -0.1) is 0 Å². The Morgan fingerprint density at radius 3 is 2.52 bits per heavy atom. The highest BCUT2D eigenvalue weighted by Gasteiger charge is 2.36. The Balaban J connectivity index is 1.71. The van der Waals surface area contributed by atoms with E-state index in [0.29, 0.717) is 37.2 Å². The van der Waals surface area contributed by atoms with Crippen molar-refractivity contribution in [3.63, 3.8) is 0 Å². The number of nitrogens with one attached hydrogen (secondary N) is 1. The molecule has 1 aliphatic heterocycles. The molecule has 27 heavy (non-hydrogen) atoms. The van der Waals surface area contributed by atoms with Gasteiger partial charge in [-0.05, 0) is 61.9 Å². The molecule has 144 valence electrons. The van der Waals surface area contributed by atoms with Gasteiger partial charge in [-0.3, -0.25) is 4.79 Å². The van der Waals surface area contributed by atoms with Gasteiger partial charge < -0.3 is 9.88 Å². The fraction of sp³-hybridized carbons (Fsp3) is 0.381. The molecular formula is C21H23F3N2O. The summed E-state index contributed by atoms with van der Waals surface area (Å²) in [5.74, 6) is -0.285. The predicted molar refractivity (Wildman–Crippen MR) is 99.6 cm³/mol. The van der Waals surface area contributed by atoms with Gasteiger partial charge in [0.05, 0.1) is 5.56 Å². The Kier molecular flexibility index (Phi) is 5.44. The number of rotatable bonds is 3. The van der Waals surface area contributed by atoms with Crippen LogP contribution in [0, 0.1) is 6.92 Å². The summed E-state index contributed by atoms with van der Waals surface area (Å²) >= 11 is 0. The molecule has 0 aliphatic carbocycles. The van der Waals surface area contributed by atoms with Crippen molar-refractivity contribution in [2.24, 2.45) is 0 Å². The molecule has 1 fully saturated rings. The van der Waals surface area contributed by atoms with E-state index in [1.807, 2.05) is 32.1 Å². The van der Waals surface area contributed by atoms with Crippen molar-refractivity contribution in [1.29, 1.82) is 0 Å². The Morgan fingerprint density at radius 2 is 1.89 bits per heavy atom. The number of amides is 1. The molecule has 1 aliphatic rings. The molecule has 0 atom stereocenters. The Hall–Kier alpha value is -2.50. The number of carbonyl (C=O) groups is 1. The van der Waals surface area contributed by atoms with Crippen LogP contribution in [0.5, 0.6) is 0 Å². The number of allylic oxidation sites excluding steroid dienone is 1. The van der Waals surface area contributed by atoms with Crippen LogP contribution in [0.15, 0.2) is 36.4 Å². The molecule has 1 N–H and O–H groups in total. The highest BCUT2D eigenvalue weighted by atomic mass is 19.4. The van der Waals surface area contributed by atoms with Crippen molar-refractivity contribution < 1.29 is 18.0 Å². The maximum atomic E-state index is 13.3. The largest absolute Gasteiger partial charge is 0.416 e. The lowest BCUT2D eigenvalue weighted by Gasteiger charge is -2.33. The number of carbonyl (C=O) groups excluding carboxylic acids is 1. The smallest absolute Gasteiger partial charge is 0.351 e. The molecule has 0 bridgehead atoms. The van der Waals surface area contributed by atoms with Gasteiger partial charge in [-0.25, -0.2) is 0 Å². The lowest BCUT2D eigenvalue weighted by atomic mass is 9.86. The number of aromatic nitrogens is 1. The number of piperidine rings is 1. The van der Waals surface area contributed by atoms with Gasteiger partial charge in [0.25, 0.3) is 5.91 Å². The van der Waals surface area contributed by atoms with E-state index < -0.39 is 11.7 Å². The first-order chi connectivity index (χ1) is 12.8. The van der Waals surface area contributed by atoms with Crippen LogP contribution in [0.4, 0.5) is 13.2 Å². The number of hydrogen-bond acceptors (Lipinski definition) is 1. The monoisotopic (exact) mass is 376 g/mol. The molecule has 0 unspecified atom stereocenters. The zero-order chi connectivity index (χ0) is 19.6. The minimum atomic E-state index is -4.35. The van der Waals surface area contributed by atoms with Gasteiger partial charge in [-0.2, -0.15) is 13.2 Å². The number of likely N-dealkylation sites (tertiary alicyclic amines) is 1. The van der Waals surface area contributed by atoms with Crippen molar-refractivity contribution in [3.8, 4) is 0 Å². The van der Waals surface area contributed by atoms with E-state index in [2.05, 4.69) is 4.98 Å². The number of hydrogen-bond donors (Lipinski definition) is 1. The molecule has 0 saturated carbocycles.